The van der Waals surface area contributed by atoms with Gasteiger partial charge in [-0.1, -0.05) is 23.7 Å². The third-order valence-electron chi connectivity index (χ3n) is 4.34. The molecule has 0 aliphatic carbocycles. The predicted octanol–water partition coefficient (Wildman–Crippen LogP) is 4.21. The van der Waals surface area contributed by atoms with Gasteiger partial charge in [0.2, 0.25) is 11.8 Å². The third kappa shape index (κ3) is 4.54. The highest BCUT2D eigenvalue weighted by Gasteiger charge is 2.23. The minimum absolute atomic E-state index is 0.0669. The molecule has 0 spiro atoms. The van der Waals surface area contributed by atoms with Crippen LogP contribution in [-0.4, -0.2) is 38.3 Å². The van der Waals surface area contributed by atoms with Gasteiger partial charge in [0.05, 0.1) is 30.6 Å². The molecule has 1 aliphatic heterocycles. The highest BCUT2D eigenvalue weighted by Crippen LogP contribution is 2.36. The van der Waals surface area contributed by atoms with Gasteiger partial charge in [-0.25, -0.2) is 0 Å². The molecule has 0 radical (unpaired) electrons. The highest BCUT2D eigenvalue weighted by molar-refractivity contribution is 7.99. The Morgan fingerprint density at radius 1 is 1.14 bits per heavy atom. The van der Waals surface area contributed by atoms with Gasteiger partial charge in [0.25, 0.3) is 0 Å². The van der Waals surface area contributed by atoms with Crippen LogP contribution in [0.3, 0.4) is 0 Å². The number of amides is 2. The van der Waals surface area contributed by atoms with Crippen molar-refractivity contribution >= 4 is 46.6 Å². The van der Waals surface area contributed by atoms with Crippen LogP contribution in [0.25, 0.3) is 0 Å². The molecular weight excluding hydrogens is 400 g/mol. The molecule has 1 heterocycles. The molecule has 3 rings (SSSR count). The number of para-hydroxylation sites is 1. The normalized spacial score (nSPS) is 12.9. The minimum Gasteiger partial charge on any atom is -0.495 e. The fourth-order valence-corrected chi connectivity index (χ4v) is 4.19. The smallest absolute Gasteiger partial charge is 0.227 e. The van der Waals surface area contributed by atoms with Gasteiger partial charge in [-0.3, -0.25) is 9.59 Å². The number of carbonyl (C=O) groups is 2. The molecule has 1 N–H and O–H groups in total. The fourth-order valence-electron chi connectivity index (χ4n) is 2.95. The first-order valence-corrected chi connectivity index (χ1v) is 10.1. The Kier molecular flexibility index (Phi) is 6.70. The van der Waals surface area contributed by atoms with E-state index in [4.69, 9.17) is 21.1 Å². The molecule has 0 saturated carbocycles. The van der Waals surface area contributed by atoms with Crippen molar-refractivity contribution in [1.82, 2.24) is 0 Å². The Labute approximate surface area is 173 Å². The summed E-state index contributed by atoms with van der Waals surface area (Å²) >= 11 is 7.86. The van der Waals surface area contributed by atoms with Gasteiger partial charge >= 0.3 is 0 Å². The Bertz CT molecular complexity index is 891. The van der Waals surface area contributed by atoms with E-state index in [0.717, 1.165) is 16.3 Å². The van der Waals surface area contributed by atoms with Crippen LogP contribution >= 0.6 is 23.4 Å². The van der Waals surface area contributed by atoms with E-state index in [9.17, 15) is 9.59 Å². The Hall–Kier alpha value is -2.38. The maximum absolute atomic E-state index is 12.7. The van der Waals surface area contributed by atoms with Crippen molar-refractivity contribution in [2.24, 2.45) is 0 Å². The number of nitrogens with one attached hydrogen (secondary N) is 1. The molecule has 8 heteroatoms. The molecule has 0 bridgehead atoms. The first kappa shape index (κ1) is 20.4. The Balaban J connectivity index is 1.62. The average Bonchev–Trinajstić information content (AvgIpc) is 2.71. The Morgan fingerprint density at radius 2 is 1.89 bits per heavy atom. The number of carbonyl (C=O) groups excluding carboxylic acids is 2. The molecule has 28 heavy (non-hydrogen) atoms. The number of halogens is 1. The first-order chi connectivity index (χ1) is 13.5. The summed E-state index contributed by atoms with van der Waals surface area (Å²) in [7, 11) is 3.00. The molecule has 2 aromatic carbocycles. The second-order valence-electron chi connectivity index (χ2n) is 6.10. The molecule has 2 aromatic rings. The summed E-state index contributed by atoms with van der Waals surface area (Å²) in [6, 6.07) is 11.0. The van der Waals surface area contributed by atoms with Gasteiger partial charge in [-0.05, 0) is 18.2 Å². The number of fused-ring (bicyclic) bond motifs is 1. The Morgan fingerprint density at radius 3 is 2.64 bits per heavy atom. The molecule has 0 unspecified atom stereocenters. The number of hydrogen-bond acceptors (Lipinski definition) is 5. The van der Waals surface area contributed by atoms with Crippen LogP contribution in [0.15, 0.2) is 41.3 Å². The van der Waals surface area contributed by atoms with Gasteiger partial charge in [0.15, 0.2) is 0 Å². The number of hydrogen-bond donors (Lipinski definition) is 1. The topological polar surface area (TPSA) is 67.9 Å². The van der Waals surface area contributed by atoms with E-state index in [1.54, 1.807) is 28.8 Å². The lowest BCUT2D eigenvalue weighted by molar-refractivity contribution is -0.122. The summed E-state index contributed by atoms with van der Waals surface area (Å²) in [5.41, 5.74) is 1.35. The van der Waals surface area contributed by atoms with E-state index >= 15 is 0 Å². The molecule has 6 nitrogen and oxygen atoms in total. The van der Waals surface area contributed by atoms with Crippen molar-refractivity contribution < 1.29 is 19.1 Å². The van der Waals surface area contributed by atoms with Crippen LogP contribution < -0.4 is 19.7 Å². The first-order valence-electron chi connectivity index (χ1n) is 8.77. The second-order valence-corrected chi connectivity index (χ2v) is 7.64. The molecular formula is C20H21ClN2O4S. The monoisotopic (exact) mass is 420 g/mol. The summed E-state index contributed by atoms with van der Waals surface area (Å²) in [5, 5.41) is 3.11. The van der Waals surface area contributed by atoms with Crippen molar-refractivity contribution in [2.75, 3.05) is 36.7 Å². The van der Waals surface area contributed by atoms with E-state index < -0.39 is 0 Å². The zero-order valence-electron chi connectivity index (χ0n) is 15.7. The lowest BCUT2D eigenvalue weighted by Gasteiger charge is -2.29. The van der Waals surface area contributed by atoms with E-state index in [1.807, 2.05) is 24.3 Å². The lowest BCUT2D eigenvalue weighted by atomic mass is 10.2. The zero-order valence-corrected chi connectivity index (χ0v) is 17.2. The second kappa shape index (κ2) is 9.21. The predicted molar refractivity (Wildman–Crippen MR) is 112 cm³/mol. The molecule has 0 saturated heterocycles. The number of ether oxygens (including phenoxy) is 2. The number of anilines is 2. The standard InChI is InChI=1S/C20H21ClN2O4S/c1-26-16-12-17(27-2)14(11-13(16)21)22-19(24)7-8-20(25)23-9-10-28-18-6-4-3-5-15(18)23/h3-6,11-12H,7-10H2,1-2H3,(H,22,24). The van der Waals surface area contributed by atoms with E-state index in [0.29, 0.717) is 28.8 Å². The third-order valence-corrected chi connectivity index (χ3v) is 5.68. The molecule has 0 atom stereocenters. The minimum atomic E-state index is -0.285. The van der Waals surface area contributed by atoms with Crippen molar-refractivity contribution in [2.45, 2.75) is 17.7 Å². The lowest BCUT2D eigenvalue weighted by Crippen LogP contribution is -2.35. The van der Waals surface area contributed by atoms with Gasteiger partial charge in [-0.2, -0.15) is 0 Å². The average molecular weight is 421 g/mol. The van der Waals surface area contributed by atoms with Gasteiger partial charge in [0, 0.05) is 36.1 Å². The van der Waals surface area contributed by atoms with Gasteiger partial charge in [-0.15, -0.1) is 11.8 Å². The molecule has 0 aromatic heterocycles. The fraction of sp³-hybridized carbons (Fsp3) is 0.300. The zero-order chi connectivity index (χ0) is 20.1. The number of rotatable bonds is 6. The van der Waals surface area contributed by atoms with Crippen LogP contribution in [0.4, 0.5) is 11.4 Å². The van der Waals surface area contributed by atoms with Crippen molar-refractivity contribution in [3.63, 3.8) is 0 Å². The number of methoxy groups -OCH3 is 2. The number of benzene rings is 2. The SMILES string of the molecule is COc1cc(OC)c(NC(=O)CCC(=O)N2CCSc3ccccc32)cc1Cl. The van der Waals surface area contributed by atoms with Crippen LogP contribution in [0.1, 0.15) is 12.8 Å². The molecule has 0 fully saturated rings. The highest BCUT2D eigenvalue weighted by atomic mass is 35.5. The van der Waals surface area contributed by atoms with Gasteiger partial charge < -0.3 is 19.7 Å². The maximum atomic E-state index is 12.7. The molecule has 148 valence electrons. The van der Waals surface area contributed by atoms with E-state index in [1.165, 1.54) is 14.2 Å². The van der Waals surface area contributed by atoms with E-state index in [2.05, 4.69) is 5.32 Å². The van der Waals surface area contributed by atoms with Crippen LogP contribution in [0.5, 0.6) is 11.5 Å². The van der Waals surface area contributed by atoms with E-state index in [-0.39, 0.29) is 24.7 Å². The van der Waals surface area contributed by atoms with Crippen molar-refractivity contribution in [3.8, 4) is 11.5 Å². The largest absolute Gasteiger partial charge is 0.495 e. The van der Waals surface area contributed by atoms with Gasteiger partial charge in [0.1, 0.15) is 11.5 Å². The number of thioether (sulfide) groups is 1. The maximum Gasteiger partial charge on any atom is 0.227 e. The van der Waals surface area contributed by atoms with Crippen LogP contribution in [0.2, 0.25) is 5.02 Å². The van der Waals surface area contributed by atoms with Crippen LogP contribution in [-0.2, 0) is 9.59 Å². The van der Waals surface area contributed by atoms with Crippen molar-refractivity contribution in [1.29, 1.82) is 0 Å². The number of nitrogens with zero attached hydrogens (tertiary/aromatic N) is 1. The summed E-state index contributed by atoms with van der Waals surface area (Å²) in [6.45, 7) is 0.643. The summed E-state index contributed by atoms with van der Waals surface area (Å²) < 4.78 is 10.4. The summed E-state index contributed by atoms with van der Waals surface area (Å²) in [5.74, 6) is 1.38. The van der Waals surface area contributed by atoms with Crippen molar-refractivity contribution in [3.05, 3.63) is 41.4 Å². The van der Waals surface area contributed by atoms with Crippen LogP contribution in [0, 0.1) is 0 Å². The molecule has 2 amide bonds. The summed E-state index contributed by atoms with van der Waals surface area (Å²) in [6.07, 6.45) is 0.189. The molecule has 1 aliphatic rings. The summed E-state index contributed by atoms with van der Waals surface area (Å²) in [4.78, 5) is 27.9. The quantitative estimate of drug-likeness (QED) is 0.758.